The summed E-state index contributed by atoms with van der Waals surface area (Å²) in [6.45, 7) is 0.871. The number of hydrogen-bond acceptors (Lipinski definition) is 11. The van der Waals surface area contributed by atoms with Gasteiger partial charge in [-0.1, -0.05) is 17.7 Å². The van der Waals surface area contributed by atoms with Gasteiger partial charge in [-0.25, -0.2) is 9.37 Å². The van der Waals surface area contributed by atoms with Gasteiger partial charge in [-0.05, 0) is 6.92 Å². The smallest absolute Gasteiger partial charge is 0.322 e. The summed E-state index contributed by atoms with van der Waals surface area (Å²) in [5.74, 6) is 1.86. The lowest BCUT2D eigenvalue weighted by Gasteiger charge is -2.26. The number of anilines is 2. The molecule has 0 aliphatic carbocycles. The van der Waals surface area contributed by atoms with Crippen molar-refractivity contribution in [2.45, 2.75) is 31.5 Å². The molecule has 12 nitrogen and oxygen atoms in total. The first-order valence-corrected chi connectivity index (χ1v) is 12.2. The van der Waals surface area contributed by atoms with E-state index in [-0.39, 0.29) is 18.2 Å². The standard InChI is InChI=1S/C18H27FN7O5PS/c1-6-12(19)16(26-9-21-13-14(25(3)4)22-18(20)23-15(13)26)31-11(7-27)8-30-32(33)24-10(2)17(28)29-5/h1,9-12,16,27,32H,7-8H2,2-5H3,(H,24,33)(H2,20,22,23)/t10-,11+,12?,16-/m1/s1. The highest BCUT2D eigenvalue weighted by molar-refractivity contribution is 8.02. The number of nitrogen functional groups attached to an aromatic ring is 1. The quantitative estimate of drug-likeness (QED) is 0.203. The Labute approximate surface area is 196 Å². The van der Waals surface area contributed by atoms with Crippen LogP contribution in [0.4, 0.5) is 16.2 Å². The number of carbonyl (C=O) groups is 1. The van der Waals surface area contributed by atoms with Gasteiger partial charge in [0.2, 0.25) is 12.1 Å². The van der Waals surface area contributed by atoms with Gasteiger partial charge in [0.15, 0.2) is 23.2 Å². The predicted molar refractivity (Wildman–Crippen MR) is 125 cm³/mol. The summed E-state index contributed by atoms with van der Waals surface area (Å²) in [7, 11) is 2.68. The minimum absolute atomic E-state index is 0.0472. The molecule has 0 saturated heterocycles. The van der Waals surface area contributed by atoms with Gasteiger partial charge in [0, 0.05) is 14.1 Å². The summed E-state index contributed by atoms with van der Waals surface area (Å²) in [6.07, 6.45) is 2.30. The van der Waals surface area contributed by atoms with Crippen molar-refractivity contribution in [1.29, 1.82) is 0 Å². The second kappa shape index (κ2) is 12.2. The second-order valence-electron chi connectivity index (χ2n) is 7.01. The third-order valence-corrected chi connectivity index (χ3v) is 6.16. The van der Waals surface area contributed by atoms with Gasteiger partial charge >= 0.3 is 5.97 Å². The highest BCUT2D eigenvalue weighted by Crippen LogP contribution is 2.28. The van der Waals surface area contributed by atoms with Crippen LogP contribution < -0.4 is 15.7 Å². The topological polar surface area (TPSA) is 150 Å². The molecule has 0 amide bonds. The Balaban J connectivity index is 2.23. The maximum Gasteiger partial charge on any atom is 0.322 e. The van der Waals surface area contributed by atoms with Crippen LogP contribution in [-0.2, 0) is 30.6 Å². The molecule has 4 N–H and O–H groups in total. The normalized spacial score (nSPS) is 15.9. The first-order chi connectivity index (χ1) is 15.6. The molecule has 15 heteroatoms. The number of aromatic nitrogens is 4. The zero-order valence-electron chi connectivity index (χ0n) is 18.6. The largest absolute Gasteiger partial charge is 0.468 e. The van der Waals surface area contributed by atoms with E-state index in [2.05, 4.69) is 24.8 Å². The molecule has 5 atom stereocenters. The van der Waals surface area contributed by atoms with E-state index in [1.54, 1.807) is 25.9 Å². The van der Waals surface area contributed by atoms with Crippen LogP contribution in [-0.4, -0.2) is 83.3 Å². The van der Waals surface area contributed by atoms with Gasteiger partial charge in [-0.15, -0.1) is 6.42 Å². The van der Waals surface area contributed by atoms with Crippen molar-refractivity contribution < 1.29 is 28.3 Å². The van der Waals surface area contributed by atoms with Crippen molar-refractivity contribution in [3.63, 3.8) is 0 Å². The molecule has 0 fully saturated rings. The average molecular weight is 503 g/mol. The Hall–Kier alpha value is -2.40. The molecule has 2 aromatic heterocycles. The number of hydrogen-bond donors (Lipinski definition) is 3. The van der Waals surface area contributed by atoms with Gasteiger partial charge < -0.3 is 29.7 Å². The molecule has 2 heterocycles. The van der Waals surface area contributed by atoms with Crippen LogP contribution in [0.5, 0.6) is 0 Å². The number of aliphatic hydroxyl groups excluding tert-OH is 1. The number of nitrogens with zero attached hydrogens (tertiary/aromatic N) is 5. The Morgan fingerprint density at radius 2 is 2.21 bits per heavy atom. The van der Waals surface area contributed by atoms with Crippen LogP contribution >= 0.6 is 7.07 Å². The molecule has 2 unspecified atom stereocenters. The van der Waals surface area contributed by atoms with Crippen LogP contribution in [0.2, 0.25) is 0 Å². The molecule has 0 radical (unpaired) electrons. The fraction of sp³-hybridized carbons (Fsp3) is 0.556. The van der Waals surface area contributed by atoms with Gasteiger partial charge in [-0.3, -0.25) is 14.4 Å². The van der Waals surface area contributed by atoms with Crippen molar-refractivity contribution in [2.24, 2.45) is 0 Å². The number of ether oxygens (including phenoxy) is 2. The van der Waals surface area contributed by atoms with Crippen LogP contribution in [0.15, 0.2) is 6.33 Å². The monoisotopic (exact) mass is 503 g/mol. The minimum atomic E-state index is -2.07. The van der Waals surface area contributed by atoms with Crippen molar-refractivity contribution in [3.8, 4) is 12.3 Å². The summed E-state index contributed by atoms with van der Waals surface area (Å²) in [5, 5.41) is 12.5. The SMILES string of the molecule is C#CC(F)[C@@H](O[C@@H](CO)CO[PH](=S)N[C@H](C)C(=O)OC)n1cnc2c(N(C)C)nc(N)nc21. The van der Waals surface area contributed by atoms with Gasteiger partial charge in [-0.2, -0.15) is 9.97 Å². The van der Waals surface area contributed by atoms with E-state index in [9.17, 15) is 14.3 Å². The number of methoxy groups -OCH3 is 1. The van der Waals surface area contributed by atoms with Crippen molar-refractivity contribution in [3.05, 3.63) is 6.33 Å². The number of rotatable bonds is 12. The molecule has 0 saturated carbocycles. The minimum Gasteiger partial charge on any atom is -0.468 e. The highest BCUT2D eigenvalue weighted by atomic mass is 32.4. The fourth-order valence-corrected chi connectivity index (χ4v) is 4.36. The van der Waals surface area contributed by atoms with Crippen molar-refractivity contribution in [2.75, 3.05) is 45.1 Å². The molecule has 0 spiro atoms. The zero-order valence-corrected chi connectivity index (χ0v) is 20.4. The number of aliphatic hydroxyl groups is 1. The Kier molecular flexibility index (Phi) is 9.90. The third-order valence-electron chi connectivity index (χ3n) is 4.35. The highest BCUT2D eigenvalue weighted by Gasteiger charge is 2.29. The summed E-state index contributed by atoms with van der Waals surface area (Å²) >= 11 is 5.20. The number of fused-ring (bicyclic) bond motifs is 1. The Morgan fingerprint density at radius 1 is 1.52 bits per heavy atom. The number of esters is 1. The van der Waals surface area contributed by atoms with E-state index in [1.165, 1.54) is 18.0 Å². The van der Waals surface area contributed by atoms with E-state index in [0.29, 0.717) is 11.3 Å². The van der Waals surface area contributed by atoms with Crippen LogP contribution in [0.1, 0.15) is 13.2 Å². The zero-order chi connectivity index (χ0) is 24.7. The first-order valence-electron chi connectivity index (χ1n) is 9.67. The van der Waals surface area contributed by atoms with E-state index in [0.717, 1.165) is 0 Å². The molecular weight excluding hydrogens is 476 g/mol. The second-order valence-corrected chi connectivity index (χ2v) is 9.28. The van der Waals surface area contributed by atoms with Crippen LogP contribution in [0.3, 0.4) is 0 Å². The summed E-state index contributed by atoms with van der Waals surface area (Å²) in [4.78, 5) is 25.7. The summed E-state index contributed by atoms with van der Waals surface area (Å²) < 4.78 is 31.9. The maximum atomic E-state index is 14.7. The Bertz CT molecular complexity index is 1030. The van der Waals surface area contributed by atoms with Gasteiger partial charge in [0.05, 0.1) is 26.7 Å². The number of nitrogens with two attached hydrogens (primary N) is 1. The number of halogens is 1. The molecule has 0 aliphatic rings. The predicted octanol–water partition coefficient (Wildman–Crippen LogP) is -0.00430. The lowest BCUT2D eigenvalue weighted by molar-refractivity contribution is -0.142. The first kappa shape index (κ1) is 26.8. The number of imidazole rings is 1. The molecule has 0 bridgehead atoms. The van der Waals surface area contributed by atoms with Crippen LogP contribution in [0.25, 0.3) is 11.2 Å². The molecule has 2 rings (SSSR count). The van der Waals surface area contributed by atoms with E-state index in [4.69, 9.17) is 33.2 Å². The van der Waals surface area contributed by atoms with Gasteiger partial charge in [0.25, 0.3) is 0 Å². The Morgan fingerprint density at radius 3 is 2.79 bits per heavy atom. The van der Waals surface area contributed by atoms with Crippen molar-refractivity contribution in [1.82, 2.24) is 24.6 Å². The van der Waals surface area contributed by atoms with Gasteiger partial charge in [0.1, 0.15) is 19.2 Å². The molecule has 182 valence electrons. The number of carbonyl (C=O) groups excluding carboxylic acids is 1. The van der Waals surface area contributed by atoms with Crippen molar-refractivity contribution >= 4 is 47.8 Å². The number of terminal acetylenes is 1. The third kappa shape index (κ3) is 6.80. The van der Waals surface area contributed by atoms with Crippen LogP contribution in [0, 0.1) is 12.3 Å². The lowest BCUT2D eigenvalue weighted by Crippen LogP contribution is -2.33. The molecule has 0 aromatic carbocycles. The summed E-state index contributed by atoms with van der Waals surface area (Å²) in [5.41, 5.74) is 6.37. The number of alkyl halides is 1. The van der Waals surface area contributed by atoms with E-state index >= 15 is 0 Å². The molecule has 0 aliphatic heterocycles. The van der Waals surface area contributed by atoms with E-state index in [1.807, 2.05) is 5.92 Å². The van der Waals surface area contributed by atoms with E-state index < -0.39 is 44.2 Å². The summed E-state index contributed by atoms with van der Waals surface area (Å²) in [6, 6.07) is -0.673. The molecular formula is C18H27FN7O5PS. The fourth-order valence-electron chi connectivity index (χ4n) is 2.73. The lowest BCUT2D eigenvalue weighted by atomic mass is 10.3. The molecule has 33 heavy (non-hydrogen) atoms. The maximum absolute atomic E-state index is 14.7. The number of nitrogens with one attached hydrogen (secondary N) is 1. The average Bonchev–Trinajstić information content (AvgIpc) is 3.20. The molecule has 2 aromatic rings.